The summed E-state index contributed by atoms with van der Waals surface area (Å²) in [6.07, 6.45) is 1.85. The topological polar surface area (TPSA) is 29.9 Å². The van der Waals surface area contributed by atoms with E-state index in [1.807, 2.05) is 10.9 Å². The first kappa shape index (κ1) is 12.4. The van der Waals surface area contributed by atoms with Gasteiger partial charge in [-0.15, -0.1) is 0 Å². The Balaban J connectivity index is 2.07. The molecule has 0 bridgehead atoms. The summed E-state index contributed by atoms with van der Waals surface area (Å²) in [4.78, 5) is 0. The van der Waals surface area contributed by atoms with E-state index < -0.39 is 0 Å². The first-order chi connectivity index (χ1) is 8.20. The van der Waals surface area contributed by atoms with Crippen LogP contribution in [0.5, 0.6) is 0 Å². The molecule has 0 aliphatic carbocycles. The van der Waals surface area contributed by atoms with Crippen LogP contribution in [-0.4, -0.2) is 9.78 Å². The third-order valence-electron chi connectivity index (χ3n) is 2.75. The predicted molar refractivity (Wildman–Crippen MR) is 79.1 cm³/mol. The maximum atomic E-state index is 4.26. The number of benzene rings is 1. The lowest BCUT2D eigenvalue weighted by molar-refractivity contribution is 0.627. The minimum absolute atomic E-state index is 0.815. The molecule has 4 heteroatoms. The molecule has 0 aliphatic heterocycles. The number of aryl methyl sites for hydroxylation is 2. The standard InChI is InChI=1S/C13H16IN3/c1-3-17-12(6-7-16-17)9-15-13-5-4-11(14)8-10(13)2/h4-8,15H,3,9H2,1-2H3. The highest BCUT2D eigenvalue weighted by Crippen LogP contribution is 2.18. The van der Waals surface area contributed by atoms with Crippen LogP contribution in [-0.2, 0) is 13.1 Å². The van der Waals surface area contributed by atoms with Gasteiger partial charge >= 0.3 is 0 Å². The van der Waals surface area contributed by atoms with Crippen molar-refractivity contribution in [3.8, 4) is 0 Å². The van der Waals surface area contributed by atoms with Crippen molar-refractivity contribution in [2.45, 2.75) is 26.9 Å². The van der Waals surface area contributed by atoms with Gasteiger partial charge in [0.2, 0.25) is 0 Å². The molecule has 2 rings (SSSR count). The van der Waals surface area contributed by atoms with E-state index in [9.17, 15) is 0 Å². The van der Waals surface area contributed by atoms with Crippen molar-refractivity contribution >= 4 is 28.3 Å². The molecule has 0 spiro atoms. The predicted octanol–water partition coefficient (Wildman–Crippen LogP) is 3.43. The summed E-state index contributed by atoms with van der Waals surface area (Å²) in [5.41, 5.74) is 3.68. The average molecular weight is 341 g/mol. The molecule has 1 heterocycles. The monoisotopic (exact) mass is 341 g/mol. The Morgan fingerprint density at radius 1 is 1.35 bits per heavy atom. The first-order valence-electron chi connectivity index (χ1n) is 5.71. The van der Waals surface area contributed by atoms with Gasteiger partial charge in [0, 0.05) is 22.0 Å². The second-order valence-corrected chi connectivity index (χ2v) is 5.20. The lowest BCUT2D eigenvalue weighted by atomic mass is 10.2. The second-order valence-electron chi connectivity index (χ2n) is 3.95. The summed E-state index contributed by atoms with van der Waals surface area (Å²) < 4.78 is 3.28. The van der Waals surface area contributed by atoms with Crippen LogP contribution < -0.4 is 5.32 Å². The van der Waals surface area contributed by atoms with E-state index in [1.54, 1.807) is 0 Å². The van der Waals surface area contributed by atoms with Gasteiger partial charge in [-0.2, -0.15) is 5.10 Å². The van der Waals surface area contributed by atoms with E-state index in [0.717, 1.165) is 13.1 Å². The van der Waals surface area contributed by atoms with Crippen LogP contribution in [0.15, 0.2) is 30.5 Å². The number of hydrogen-bond donors (Lipinski definition) is 1. The first-order valence-corrected chi connectivity index (χ1v) is 6.79. The molecular formula is C13H16IN3. The SMILES string of the molecule is CCn1nccc1CNc1ccc(I)cc1C. The number of hydrogen-bond acceptors (Lipinski definition) is 2. The molecule has 0 atom stereocenters. The summed E-state index contributed by atoms with van der Waals surface area (Å²) in [6.45, 7) is 5.96. The van der Waals surface area contributed by atoms with Crippen molar-refractivity contribution < 1.29 is 0 Å². The third kappa shape index (κ3) is 3.00. The van der Waals surface area contributed by atoms with Crippen LogP contribution in [0.4, 0.5) is 5.69 Å². The Labute approximate surface area is 115 Å². The van der Waals surface area contributed by atoms with E-state index >= 15 is 0 Å². The molecule has 0 radical (unpaired) electrons. The van der Waals surface area contributed by atoms with Crippen LogP contribution >= 0.6 is 22.6 Å². The number of nitrogens with one attached hydrogen (secondary N) is 1. The summed E-state index contributed by atoms with van der Waals surface area (Å²) in [5.74, 6) is 0. The Morgan fingerprint density at radius 2 is 2.18 bits per heavy atom. The maximum Gasteiger partial charge on any atom is 0.0575 e. The van der Waals surface area contributed by atoms with E-state index in [4.69, 9.17) is 0 Å². The summed E-state index contributed by atoms with van der Waals surface area (Å²) in [6, 6.07) is 8.48. The lowest BCUT2D eigenvalue weighted by Crippen LogP contribution is -2.08. The zero-order chi connectivity index (χ0) is 12.3. The zero-order valence-corrected chi connectivity index (χ0v) is 12.2. The number of anilines is 1. The van der Waals surface area contributed by atoms with Crippen LogP contribution in [0.3, 0.4) is 0 Å². The molecule has 0 aliphatic rings. The molecule has 0 amide bonds. The molecule has 90 valence electrons. The average Bonchev–Trinajstić information content (AvgIpc) is 2.75. The van der Waals surface area contributed by atoms with Crippen LogP contribution in [0.2, 0.25) is 0 Å². The van der Waals surface area contributed by atoms with Gasteiger partial charge in [0.15, 0.2) is 0 Å². The largest absolute Gasteiger partial charge is 0.379 e. The summed E-state index contributed by atoms with van der Waals surface area (Å²) >= 11 is 2.33. The van der Waals surface area contributed by atoms with Crippen LogP contribution in [0, 0.1) is 10.5 Å². The molecule has 2 aromatic rings. The fraction of sp³-hybridized carbons (Fsp3) is 0.308. The van der Waals surface area contributed by atoms with Crippen LogP contribution in [0.1, 0.15) is 18.2 Å². The molecule has 0 fully saturated rings. The van der Waals surface area contributed by atoms with Crippen molar-refractivity contribution in [1.29, 1.82) is 0 Å². The molecule has 0 saturated heterocycles. The molecule has 1 aromatic heterocycles. The smallest absolute Gasteiger partial charge is 0.0575 e. The summed E-state index contributed by atoms with van der Waals surface area (Å²) in [7, 11) is 0. The molecule has 0 unspecified atom stereocenters. The molecule has 3 nitrogen and oxygen atoms in total. The van der Waals surface area contributed by atoms with Gasteiger partial charge in [0.1, 0.15) is 0 Å². The highest BCUT2D eigenvalue weighted by Gasteiger charge is 2.02. The van der Waals surface area contributed by atoms with E-state index in [1.165, 1.54) is 20.5 Å². The van der Waals surface area contributed by atoms with Crippen molar-refractivity contribution in [3.63, 3.8) is 0 Å². The number of nitrogens with zero attached hydrogens (tertiary/aromatic N) is 2. The van der Waals surface area contributed by atoms with Gasteiger partial charge in [-0.05, 0) is 66.3 Å². The Bertz CT molecular complexity index is 505. The highest BCUT2D eigenvalue weighted by atomic mass is 127. The fourth-order valence-corrected chi connectivity index (χ4v) is 2.45. The Morgan fingerprint density at radius 3 is 2.88 bits per heavy atom. The van der Waals surface area contributed by atoms with Gasteiger partial charge in [-0.3, -0.25) is 4.68 Å². The zero-order valence-electron chi connectivity index (χ0n) is 10.1. The minimum Gasteiger partial charge on any atom is -0.379 e. The van der Waals surface area contributed by atoms with Gasteiger partial charge in [-0.25, -0.2) is 0 Å². The highest BCUT2D eigenvalue weighted by molar-refractivity contribution is 14.1. The number of rotatable bonds is 4. The van der Waals surface area contributed by atoms with Gasteiger partial charge in [0.05, 0.1) is 12.2 Å². The maximum absolute atomic E-state index is 4.26. The summed E-state index contributed by atoms with van der Waals surface area (Å²) in [5, 5.41) is 7.71. The Kier molecular flexibility index (Phi) is 4.04. The van der Waals surface area contributed by atoms with E-state index in [-0.39, 0.29) is 0 Å². The molecule has 1 N–H and O–H groups in total. The van der Waals surface area contributed by atoms with Crippen molar-refractivity contribution in [3.05, 3.63) is 45.3 Å². The van der Waals surface area contributed by atoms with E-state index in [2.05, 4.69) is 71.1 Å². The van der Waals surface area contributed by atoms with Crippen molar-refractivity contribution in [1.82, 2.24) is 9.78 Å². The van der Waals surface area contributed by atoms with Crippen molar-refractivity contribution in [2.24, 2.45) is 0 Å². The normalized spacial score (nSPS) is 10.5. The molecular weight excluding hydrogens is 325 g/mol. The van der Waals surface area contributed by atoms with Gasteiger partial charge < -0.3 is 5.32 Å². The van der Waals surface area contributed by atoms with Crippen molar-refractivity contribution in [2.75, 3.05) is 5.32 Å². The minimum atomic E-state index is 0.815. The quantitative estimate of drug-likeness (QED) is 0.864. The number of halogens is 1. The lowest BCUT2D eigenvalue weighted by Gasteiger charge is -2.10. The molecule has 0 saturated carbocycles. The molecule has 17 heavy (non-hydrogen) atoms. The number of aromatic nitrogens is 2. The fourth-order valence-electron chi connectivity index (χ4n) is 1.81. The third-order valence-corrected chi connectivity index (χ3v) is 3.42. The van der Waals surface area contributed by atoms with Gasteiger partial charge in [0.25, 0.3) is 0 Å². The second kappa shape index (κ2) is 5.53. The van der Waals surface area contributed by atoms with Gasteiger partial charge in [-0.1, -0.05) is 0 Å². The Hall–Kier alpha value is -1.04. The molecule has 1 aromatic carbocycles. The van der Waals surface area contributed by atoms with Crippen LogP contribution in [0.25, 0.3) is 0 Å². The van der Waals surface area contributed by atoms with E-state index in [0.29, 0.717) is 0 Å².